The molecule has 3 aromatic rings. The van der Waals surface area contributed by atoms with Gasteiger partial charge in [0.05, 0.1) is 12.1 Å². The molecule has 2 aliphatic rings. The summed E-state index contributed by atoms with van der Waals surface area (Å²) >= 11 is 6.33. The van der Waals surface area contributed by atoms with Gasteiger partial charge in [0.25, 0.3) is 11.8 Å². The van der Waals surface area contributed by atoms with Crippen LogP contribution in [-0.2, 0) is 16.1 Å². The van der Waals surface area contributed by atoms with Crippen molar-refractivity contribution in [1.82, 2.24) is 15.2 Å². The van der Waals surface area contributed by atoms with Gasteiger partial charge in [0, 0.05) is 35.1 Å². The molecule has 0 saturated carbocycles. The summed E-state index contributed by atoms with van der Waals surface area (Å²) in [5.74, 6) is -0.916. The van der Waals surface area contributed by atoms with Gasteiger partial charge in [-0.3, -0.25) is 24.5 Å². The SMILES string of the molecule is COc1ccc2[nH]c(C(=O)Nc3ccc4c(c3)CN(C3CCC(=O)NC3=O)C4=O)cc2c1Cl. The fourth-order valence-electron chi connectivity index (χ4n) is 4.28. The zero-order valence-corrected chi connectivity index (χ0v) is 18.3. The lowest BCUT2D eigenvalue weighted by atomic mass is 10.0. The van der Waals surface area contributed by atoms with Gasteiger partial charge in [-0.15, -0.1) is 0 Å². The van der Waals surface area contributed by atoms with E-state index in [4.69, 9.17) is 16.3 Å². The average Bonchev–Trinajstić information content (AvgIpc) is 3.36. The number of nitrogens with one attached hydrogen (secondary N) is 3. The molecule has 1 fully saturated rings. The zero-order valence-electron chi connectivity index (χ0n) is 17.5. The van der Waals surface area contributed by atoms with Crippen LogP contribution < -0.4 is 15.4 Å². The number of aromatic nitrogens is 1. The molecule has 10 heteroatoms. The van der Waals surface area contributed by atoms with Crippen LogP contribution in [0.1, 0.15) is 39.3 Å². The molecule has 0 radical (unpaired) electrons. The van der Waals surface area contributed by atoms with Crippen molar-refractivity contribution >= 4 is 51.8 Å². The minimum atomic E-state index is -0.686. The molecule has 1 saturated heterocycles. The van der Waals surface area contributed by atoms with Crippen LogP contribution in [0.2, 0.25) is 5.02 Å². The predicted molar refractivity (Wildman–Crippen MR) is 120 cm³/mol. The van der Waals surface area contributed by atoms with E-state index in [0.29, 0.717) is 50.6 Å². The number of methoxy groups -OCH3 is 1. The number of hydrogen-bond acceptors (Lipinski definition) is 5. The van der Waals surface area contributed by atoms with E-state index < -0.39 is 11.9 Å². The Labute approximate surface area is 193 Å². The maximum absolute atomic E-state index is 12.8. The third kappa shape index (κ3) is 3.60. The Morgan fingerprint density at radius 3 is 2.76 bits per heavy atom. The number of carbonyl (C=O) groups excluding carboxylic acids is 4. The number of hydrogen-bond donors (Lipinski definition) is 3. The lowest BCUT2D eigenvalue weighted by molar-refractivity contribution is -0.136. The number of halogens is 1. The first-order valence-electron chi connectivity index (χ1n) is 10.3. The number of fused-ring (bicyclic) bond motifs is 2. The summed E-state index contributed by atoms with van der Waals surface area (Å²) in [5, 5.41) is 6.18. The molecule has 1 atom stereocenters. The Morgan fingerprint density at radius 2 is 2.00 bits per heavy atom. The van der Waals surface area contributed by atoms with Crippen LogP contribution in [0.4, 0.5) is 5.69 Å². The monoisotopic (exact) mass is 466 g/mol. The molecule has 5 rings (SSSR count). The minimum Gasteiger partial charge on any atom is -0.495 e. The fourth-order valence-corrected chi connectivity index (χ4v) is 4.58. The number of imide groups is 1. The Hall–Kier alpha value is -3.85. The fraction of sp³-hybridized carbons (Fsp3) is 0.217. The Kier molecular flexibility index (Phi) is 5.05. The molecule has 3 N–H and O–H groups in total. The Morgan fingerprint density at radius 1 is 1.18 bits per heavy atom. The van der Waals surface area contributed by atoms with E-state index in [2.05, 4.69) is 15.6 Å². The smallest absolute Gasteiger partial charge is 0.272 e. The normalized spacial score (nSPS) is 17.8. The van der Waals surface area contributed by atoms with E-state index in [0.717, 1.165) is 0 Å². The maximum atomic E-state index is 12.8. The highest BCUT2D eigenvalue weighted by Gasteiger charge is 2.39. The van der Waals surface area contributed by atoms with E-state index >= 15 is 0 Å². The van der Waals surface area contributed by atoms with Crippen LogP contribution in [0.5, 0.6) is 5.75 Å². The van der Waals surface area contributed by atoms with E-state index in [1.807, 2.05) is 0 Å². The first-order valence-corrected chi connectivity index (χ1v) is 10.7. The highest BCUT2D eigenvalue weighted by molar-refractivity contribution is 6.37. The Bertz CT molecular complexity index is 1350. The summed E-state index contributed by atoms with van der Waals surface area (Å²) < 4.78 is 5.21. The molecular weight excluding hydrogens is 448 g/mol. The van der Waals surface area contributed by atoms with Crippen molar-refractivity contribution < 1.29 is 23.9 Å². The zero-order chi connectivity index (χ0) is 23.3. The largest absolute Gasteiger partial charge is 0.495 e. The number of anilines is 1. The van der Waals surface area contributed by atoms with Crippen molar-refractivity contribution in [3.05, 3.63) is 58.2 Å². The molecule has 0 aliphatic carbocycles. The molecule has 2 aliphatic heterocycles. The van der Waals surface area contributed by atoms with E-state index in [1.165, 1.54) is 12.0 Å². The van der Waals surface area contributed by atoms with E-state index in [-0.39, 0.29) is 30.7 Å². The summed E-state index contributed by atoms with van der Waals surface area (Å²) in [6.45, 7) is 0.228. The number of nitrogens with zero attached hydrogens (tertiary/aromatic N) is 1. The second-order valence-electron chi connectivity index (χ2n) is 7.95. The average molecular weight is 467 g/mol. The molecule has 0 bridgehead atoms. The number of carbonyl (C=O) groups is 4. The second-order valence-corrected chi connectivity index (χ2v) is 8.33. The van der Waals surface area contributed by atoms with Gasteiger partial charge in [-0.2, -0.15) is 0 Å². The number of rotatable bonds is 4. The molecule has 168 valence electrons. The number of ether oxygens (including phenoxy) is 1. The molecule has 1 unspecified atom stereocenters. The van der Waals surface area contributed by atoms with E-state index in [9.17, 15) is 19.2 Å². The maximum Gasteiger partial charge on any atom is 0.272 e. The van der Waals surface area contributed by atoms with Gasteiger partial charge in [-0.25, -0.2) is 0 Å². The van der Waals surface area contributed by atoms with Crippen LogP contribution in [0.3, 0.4) is 0 Å². The molecule has 0 spiro atoms. The number of benzene rings is 2. The first-order chi connectivity index (χ1) is 15.9. The van der Waals surface area contributed by atoms with Gasteiger partial charge < -0.3 is 19.9 Å². The summed E-state index contributed by atoms with van der Waals surface area (Å²) in [4.78, 5) is 53.7. The number of piperidine rings is 1. The number of amides is 4. The van der Waals surface area contributed by atoms with Crippen LogP contribution in [0.15, 0.2) is 36.4 Å². The number of H-pyrrole nitrogens is 1. The third-order valence-electron chi connectivity index (χ3n) is 5.95. The second kappa shape index (κ2) is 7.93. The quantitative estimate of drug-likeness (QED) is 0.510. The van der Waals surface area contributed by atoms with Crippen molar-refractivity contribution in [2.45, 2.75) is 25.4 Å². The van der Waals surface area contributed by atoms with Gasteiger partial charge in [0.2, 0.25) is 11.8 Å². The van der Waals surface area contributed by atoms with Crippen molar-refractivity contribution in [3.8, 4) is 5.75 Å². The van der Waals surface area contributed by atoms with Crippen LogP contribution in [0.25, 0.3) is 10.9 Å². The van der Waals surface area contributed by atoms with Crippen molar-refractivity contribution in [2.75, 3.05) is 12.4 Å². The molecule has 1 aromatic heterocycles. The van der Waals surface area contributed by atoms with Gasteiger partial charge in [0.15, 0.2) is 0 Å². The highest BCUT2D eigenvalue weighted by Crippen LogP contribution is 2.33. The summed E-state index contributed by atoms with van der Waals surface area (Å²) in [5.41, 5.74) is 2.71. The topological polar surface area (TPSA) is 121 Å². The van der Waals surface area contributed by atoms with Crippen molar-refractivity contribution in [1.29, 1.82) is 0 Å². The molecular formula is C23H19ClN4O5. The molecule has 2 aromatic carbocycles. The lowest BCUT2D eigenvalue weighted by Gasteiger charge is -2.29. The lowest BCUT2D eigenvalue weighted by Crippen LogP contribution is -2.52. The number of aromatic amines is 1. The molecule has 9 nitrogen and oxygen atoms in total. The standard InChI is InChI=1S/C23H19ClN4O5/c1-33-18-6-4-15-14(20(18)24)9-16(26-15)21(30)25-12-2-3-13-11(8-12)10-28(23(13)32)17-5-7-19(29)27-22(17)31/h2-4,6,8-9,17,26H,5,7,10H2,1H3,(H,25,30)(H,27,29,31). The van der Waals surface area contributed by atoms with Crippen molar-refractivity contribution in [2.24, 2.45) is 0 Å². The van der Waals surface area contributed by atoms with Crippen LogP contribution >= 0.6 is 11.6 Å². The summed E-state index contributed by atoms with van der Waals surface area (Å²) in [6, 6.07) is 9.45. The van der Waals surface area contributed by atoms with E-state index in [1.54, 1.807) is 36.4 Å². The third-order valence-corrected chi connectivity index (χ3v) is 6.34. The summed E-state index contributed by atoms with van der Waals surface area (Å²) in [6.07, 6.45) is 0.486. The van der Waals surface area contributed by atoms with Gasteiger partial charge in [0.1, 0.15) is 17.5 Å². The Balaban J connectivity index is 1.35. The minimum absolute atomic E-state index is 0.193. The molecule has 3 heterocycles. The molecule has 33 heavy (non-hydrogen) atoms. The van der Waals surface area contributed by atoms with Crippen LogP contribution in [0, 0.1) is 0 Å². The predicted octanol–water partition coefficient (Wildman–Crippen LogP) is 2.84. The molecule has 4 amide bonds. The van der Waals surface area contributed by atoms with Gasteiger partial charge in [-0.1, -0.05) is 11.6 Å². The van der Waals surface area contributed by atoms with Gasteiger partial charge in [-0.05, 0) is 48.4 Å². The highest BCUT2D eigenvalue weighted by atomic mass is 35.5. The van der Waals surface area contributed by atoms with Crippen LogP contribution in [-0.4, -0.2) is 46.7 Å². The van der Waals surface area contributed by atoms with Crippen molar-refractivity contribution in [3.63, 3.8) is 0 Å². The first kappa shape index (κ1) is 21.0. The summed E-state index contributed by atoms with van der Waals surface area (Å²) in [7, 11) is 1.52. The van der Waals surface area contributed by atoms with Gasteiger partial charge >= 0.3 is 0 Å².